The summed E-state index contributed by atoms with van der Waals surface area (Å²) >= 11 is 0. The number of carbonyl (C=O) groups excluding carboxylic acids is 1. The Kier molecular flexibility index (Phi) is 2.46. The van der Waals surface area contributed by atoms with Crippen LogP contribution in [0.5, 0.6) is 5.75 Å². The summed E-state index contributed by atoms with van der Waals surface area (Å²) in [5.41, 5.74) is 2.64. The van der Waals surface area contributed by atoms with Crippen molar-refractivity contribution in [2.24, 2.45) is 0 Å². The second kappa shape index (κ2) is 3.77. The Morgan fingerprint density at radius 2 is 2.27 bits per heavy atom. The van der Waals surface area contributed by atoms with Gasteiger partial charge in [0.1, 0.15) is 12.4 Å². The van der Waals surface area contributed by atoms with Gasteiger partial charge >= 0.3 is 5.97 Å². The van der Waals surface area contributed by atoms with Gasteiger partial charge in [0.2, 0.25) is 0 Å². The maximum atomic E-state index is 11.3. The molecule has 0 unspecified atom stereocenters. The van der Waals surface area contributed by atoms with Crippen molar-refractivity contribution >= 4 is 11.5 Å². The number of fused-ring (bicyclic) bond motifs is 1. The van der Waals surface area contributed by atoms with Crippen molar-refractivity contribution in [1.82, 2.24) is 0 Å². The molecule has 0 saturated carbocycles. The predicted molar refractivity (Wildman–Crippen MR) is 56.9 cm³/mol. The molecule has 78 valence electrons. The van der Waals surface area contributed by atoms with Crippen LogP contribution in [0.25, 0.3) is 5.57 Å². The summed E-state index contributed by atoms with van der Waals surface area (Å²) < 4.78 is 10.1. The zero-order valence-electron chi connectivity index (χ0n) is 8.74. The molecule has 0 spiro atoms. The monoisotopic (exact) mass is 204 g/mol. The molecule has 0 N–H and O–H groups in total. The van der Waals surface area contributed by atoms with Crippen LogP contribution in [-0.2, 0) is 4.74 Å². The molecule has 1 aliphatic heterocycles. The van der Waals surface area contributed by atoms with Crippen molar-refractivity contribution < 1.29 is 14.3 Å². The second-order valence-corrected chi connectivity index (χ2v) is 3.40. The number of carbonyl (C=O) groups is 1. The number of hydrogen-bond acceptors (Lipinski definition) is 3. The third-order valence-corrected chi connectivity index (χ3v) is 2.45. The standard InChI is InChI=1S/C12H12O3/c1-8-5-6-15-11-4-3-9(7-10(8)11)12(13)14-2/h3-5,7H,6H2,1-2H3. The van der Waals surface area contributed by atoms with E-state index in [1.807, 2.05) is 13.0 Å². The van der Waals surface area contributed by atoms with Crippen molar-refractivity contribution in [1.29, 1.82) is 0 Å². The molecular formula is C12H12O3. The van der Waals surface area contributed by atoms with Crippen molar-refractivity contribution in [3.63, 3.8) is 0 Å². The quantitative estimate of drug-likeness (QED) is 0.658. The minimum Gasteiger partial charge on any atom is -0.489 e. The van der Waals surface area contributed by atoms with Crippen molar-refractivity contribution in [2.45, 2.75) is 6.92 Å². The van der Waals surface area contributed by atoms with Crippen LogP contribution < -0.4 is 4.74 Å². The second-order valence-electron chi connectivity index (χ2n) is 3.40. The van der Waals surface area contributed by atoms with E-state index < -0.39 is 0 Å². The Balaban J connectivity index is 2.46. The molecule has 3 heteroatoms. The molecule has 3 nitrogen and oxygen atoms in total. The number of methoxy groups -OCH3 is 1. The molecule has 2 rings (SSSR count). The molecule has 1 aromatic carbocycles. The van der Waals surface area contributed by atoms with Gasteiger partial charge in [0.05, 0.1) is 12.7 Å². The fourth-order valence-corrected chi connectivity index (χ4v) is 1.58. The van der Waals surface area contributed by atoms with Gasteiger partial charge in [0, 0.05) is 5.56 Å². The highest BCUT2D eigenvalue weighted by atomic mass is 16.5. The molecule has 0 saturated heterocycles. The Labute approximate surface area is 88.3 Å². The first-order valence-corrected chi connectivity index (χ1v) is 4.74. The highest BCUT2D eigenvalue weighted by Crippen LogP contribution is 2.30. The fraction of sp³-hybridized carbons (Fsp3) is 0.250. The van der Waals surface area contributed by atoms with E-state index in [2.05, 4.69) is 4.74 Å². The van der Waals surface area contributed by atoms with Crippen molar-refractivity contribution in [3.05, 3.63) is 35.4 Å². The topological polar surface area (TPSA) is 35.5 Å². The third kappa shape index (κ3) is 1.73. The molecule has 0 atom stereocenters. The molecule has 0 radical (unpaired) electrons. The third-order valence-electron chi connectivity index (χ3n) is 2.45. The largest absolute Gasteiger partial charge is 0.489 e. The fourth-order valence-electron chi connectivity index (χ4n) is 1.58. The summed E-state index contributed by atoms with van der Waals surface area (Å²) in [6.07, 6.45) is 1.99. The highest BCUT2D eigenvalue weighted by Gasteiger charge is 2.14. The van der Waals surface area contributed by atoms with Crippen molar-refractivity contribution in [3.8, 4) is 5.75 Å². The number of ether oxygens (including phenoxy) is 2. The summed E-state index contributed by atoms with van der Waals surface area (Å²) in [5, 5.41) is 0. The van der Waals surface area contributed by atoms with Crippen LogP contribution in [0.1, 0.15) is 22.8 Å². The predicted octanol–water partition coefficient (Wildman–Crippen LogP) is 2.27. The Bertz CT molecular complexity index is 432. The van der Waals surface area contributed by atoms with Gasteiger partial charge in [0.15, 0.2) is 0 Å². The van der Waals surface area contributed by atoms with Crippen LogP contribution in [0, 0.1) is 0 Å². The molecule has 15 heavy (non-hydrogen) atoms. The van der Waals surface area contributed by atoms with E-state index in [1.165, 1.54) is 7.11 Å². The molecule has 0 aliphatic carbocycles. The zero-order chi connectivity index (χ0) is 10.8. The number of rotatable bonds is 1. The lowest BCUT2D eigenvalue weighted by molar-refractivity contribution is 0.0600. The van der Waals surface area contributed by atoms with Crippen LogP contribution in [0.15, 0.2) is 24.3 Å². The first-order valence-electron chi connectivity index (χ1n) is 4.74. The normalized spacial score (nSPS) is 13.6. The molecule has 0 bridgehead atoms. The summed E-state index contributed by atoms with van der Waals surface area (Å²) in [4.78, 5) is 11.3. The Morgan fingerprint density at radius 3 is 3.00 bits per heavy atom. The van der Waals surface area contributed by atoms with Gasteiger partial charge in [-0.05, 0) is 36.8 Å². The van der Waals surface area contributed by atoms with E-state index in [0.717, 1.165) is 16.9 Å². The van der Waals surface area contributed by atoms with E-state index in [9.17, 15) is 4.79 Å². The van der Waals surface area contributed by atoms with Crippen LogP contribution in [0.4, 0.5) is 0 Å². The maximum absolute atomic E-state index is 11.3. The van der Waals surface area contributed by atoms with E-state index >= 15 is 0 Å². The Morgan fingerprint density at radius 1 is 1.47 bits per heavy atom. The highest BCUT2D eigenvalue weighted by molar-refractivity contribution is 5.91. The SMILES string of the molecule is COC(=O)c1ccc2c(c1)C(C)=CCO2. The molecule has 1 heterocycles. The molecule has 0 amide bonds. The van der Waals surface area contributed by atoms with Crippen LogP contribution in [0.2, 0.25) is 0 Å². The van der Waals surface area contributed by atoms with Crippen LogP contribution >= 0.6 is 0 Å². The molecule has 0 aromatic heterocycles. The van der Waals surface area contributed by atoms with E-state index in [0.29, 0.717) is 12.2 Å². The van der Waals surface area contributed by atoms with Gasteiger partial charge in [0.25, 0.3) is 0 Å². The van der Waals surface area contributed by atoms with Crippen molar-refractivity contribution in [2.75, 3.05) is 13.7 Å². The maximum Gasteiger partial charge on any atom is 0.337 e. The van der Waals surface area contributed by atoms with Crippen LogP contribution in [-0.4, -0.2) is 19.7 Å². The number of hydrogen-bond donors (Lipinski definition) is 0. The summed E-state index contributed by atoms with van der Waals surface area (Å²) in [5.74, 6) is 0.499. The van der Waals surface area contributed by atoms with Gasteiger partial charge in [-0.1, -0.05) is 0 Å². The van der Waals surface area contributed by atoms with Crippen LogP contribution in [0.3, 0.4) is 0 Å². The number of benzene rings is 1. The summed E-state index contributed by atoms with van der Waals surface area (Å²) in [7, 11) is 1.38. The lowest BCUT2D eigenvalue weighted by Crippen LogP contribution is -2.06. The average molecular weight is 204 g/mol. The molecule has 1 aliphatic rings. The lowest BCUT2D eigenvalue weighted by atomic mass is 10.0. The molecule has 0 fully saturated rings. The summed E-state index contributed by atoms with van der Waals surface area (Å²) in [6.45, 7) is 2.60. The minimum absolute atomic E-state index is 0.323. The number of allylic oxidation sites excluding steroid dienone is 1. The lowest BCUT2D eigenvalue weighted by Gasteiger charge is -2.16. The minimum atomic E-state index is -0.323. The zero-order valence-corrected chi connectivity index (χ0v) is 8.74. The van der Waals surface area contributed by atoms with E-state index in [1.54, 1.807) is 18.2 Å². The first-order chi connectivity index (χ1) is 7.22. The molecular weight excluding hydrogens is 192 g/mol. The molecule has 1 aromatic rings. The summed E-state index contributed by atoms with van der Waals surface area (Å²) in [6, 6.07) is 5.31. The van der Waals surface area contributed by atoms with E-state index in [-0.39, 0.29) is 5.97 Å². The van der Waals surface area contributed by atoms with Gasteiger partial charge < -0.3 is 9.47 Å². The average Bonchev–Trinajstić information content (AvgIpc) is 2.28. The number of esters is 1. The van der Waals surface area contributed by atoms with Gasteiger partial charge in [-0.2, -0.15) is 0 Å². The Hall–Kier alpha value is -1.77. The first kappa shape index (κ1) is 9.77. The van der Waals surface area contributed by atoms with Gasteiger partial charge in [-0.3, -0.25) is 0 Å². The van der Waals surface area contributed by atoms with E-state index in [4.69, 9.17) is 4.74 Å². The van der Waals surface area contributed by atoms with Gasteiger partial charge in [-0.25, -0.2) is 4.79 Å². The van der Waals surface area contributed by atoms with Gasteiger partial charge in [-0.15, -0.1) is 0 Å². The smallest absolute Gasteiger partial charge is 0.337 e.